The second-order valence-corrected chi connectivity index (χ2v) is 9.40. The summed E-state index contributed by atoms with van der Waals surface area (Å²) < 4.78 is 0. The molecule has 1 amide bonds. The molecule has 1 aliphatic heterocycles. The fraction of sp³-hybridized carbons (Fsp3) is 0.480. The van der Waals surface area contributed by atoms with E-state index < -0.39 is 0 Å². The van der Waals surface area contributed by atoms with Crippen LogP contribution in [-0.4, -0.2) is 25.5 Å². The van der Waals surface area contributed by atoms with E-state index in [0.29, 0.717) is 29.1 Å². The molecule has 2 N–H and O–H groups in total. The zero-order chi connectivity index (χ0) is 18.7. The largest absolute Gasteiger partial charge is 0.356 e. The second kappa shape index (κ2) is 7.14. The van der Waals surface area contributed by atoms with Gasteiger partial charge in [0.15, 0.2) is 0 Å². The molecule has 1 spiro atoms. The Morgan fingerprint density at radius 2 is 1.55 bits per heavy atom. The van der Waals surface area contributed by atoms with E-state index in [1.807, 2.05) is 0 Å². The van der Waals surface area contributed by atoms with Crippen molar-refractivity contribution in [2.45, 2.75) is 37.5 Å². The van der Waals surface area contributed by atoms with Gasteiger partial charge < -0.3 is 10.6 Å². The van der Waals surface area contributed by atoms with Crippen molar-refractivity contribution in [3.05, 3.63) is 70.8 Å². The van der Waals surface area contributed by atoms with Crippen LogP contribution in [0.25, 0.3) is 0 Å². The van der Waals surface area contributed by atoms with Gasteiger partial charge in [-0.1, -0.05) is 48.5 Å². The number of piperidine rings is 1. The van der Waals surface area contributed by atoms with Crippen molar-refractivity contribution in [2.24, 2.45) is 17.3 Å². The molecule has 5 aliphatic rings. The minimum atomic E-state index is 0. The number of carbonyl (C=O) groups excluding carboxylic acids is 1. The molecule has 1 saturated heterocycles. The van der Waals surface area contributed by atoms with E-state index in [0.717, 1.165) is 32.5 Å². The molecule has 2 fully saturated rings. The molecule has 2 aromatic rings. The summed E-state index contributed by atoms with van der Waals surface area (Å²) in [6.07, 6.45) is 4.58. The first kappa shape index (κ1) is 19.1. The average molecular weight is 409 g/mol. The fourth-order valence-electron chi connectivity index (χ4n) is 6.51. The first-order valence-electron chi connectivity index (χ1n) is 10.9. The van der Waals surface area contributed by atoms with Crippen LogP contribution in [-0.2, 0) is 4.79 Å². The predicted octanol–water partition coefficient (Wildman–Crippen LogP) is 4.21. The van der Waals surface area contributed by atoms with Gasteiger partial charge in [-0.2, -0.15) is 0 Å². The maximum absolute atomic E-state index is 12.9. The first-order valence-corrected chi connectivity index (χ1v) is 10.9. The van der Waals surface area contributed by atoms with Crippen LogP contribution in [0.4, 0.5) is 0 Å². The third-order valence-electron chi connectivity index (χ3n) is 8.07. The first-order chi connectivity index (χ1) is 13.8. The van der Waals surface area contributed by atoms with E-state index in [2.05, 4.69) is 59.2 Å². The smallest absolute Gasteiger partial charge is 0.223 e. The van der Waals surface area contributed by atoms with Gasteiger partial charge in [-0.05, 0) is 72.4 Å². The third kappa shape index (κ3) is 2.93. The van der Waals surface area contributed by atoms with Gasteiger partial charge in [-0.15, -0.1) is 12.4 Å². The summed E-state index contributed by atoms with van der Waals surface area (Å²) >= 11 is 0. The number of amides is 1. The molecule has 1 heterocycles. The number of carbonyl (C=O) groups is 1. The number of hydrogen-bond acceptors (Lipinski definition) is 2. The summed E-state index contributed by atoms with van der Waals surface area (Å²) in [6, 6.07) is 17.9. The van der Waals surface area contributed by atoms with Crippen LogP contribution in [0.2, 0.25) is 0 Å². The Morgan fingerprint density at radius 3 is 2.17 bits per heavy atom. The van der Waals surface area contributed by atoms with Gasteiger partial charge in [0.05, 0.1) is 0 Å². The van der Waals surface area contributed by atoms with E-state index in [4.69, 9.17) is 0 Å². The van der Waals surface area contributed by atoms with Gasteiger partial charge in [0.2, 0.25) is 5.91 Å². The number of rotatable bonds is 3. The Morgan fingerprint density at radius 1 is 0.966 bits per heavy atom. The van der Waals surface area contributed by atoms with Gasteiger partial charge in [-0.3, -0.25) is 4.79 Å². The number of fused-ring (bicyclic) bond motifs is 1. The van der Waals surface area contributed by atoms with E-state index in [1.165, 1.54) is 35.1 Å². The second-order valence-electron chi connectivity index (χ2n) is 9.40. The van der Waals surface area contributed by atoms with E-state index >= 15 is 0 Å². The summed E-state index contributed by atoms with van der Waals surface area (Å²) in [5, 5.41) is 6.80. The van der Waals surface area contributed by atoms with Crippen molar-refractivity contribution in [3.8, 4) is 0 Å². The Balaban J connectivity index is 0.00000181. The lowest BCUT2D eigenvalue weighted by Gasteiger charge is -2.45. The molecular weight excluding hydrogens is 380 g/mol. The van der Waals surface area contributed by atoms with Crippen molar-refractivity contribution in [1.82, 2.24) is 10.6 Å². The number of halogens is 1. The molecule has 2 bridgehead atoms. The molecule has 1 saturated carbocycles. The highest BCUT2D eigenvalue weighted by molar-refractivity contribution is 5.85. The van der Waals surface area contributed by atoms with E-state index in [9.17, 15) is 4.79 Å². The van der Waals surface area contributed by atoms with Gasteiger partial charge in [0.1, 0.15) is 0 Å². The molecule has 29 heavy (non-hydrogen) atoms. The molecule has 152 valence electrons. The normalized spacial score (nSPS) is 30.1. The molecule has 4 heteroatoms. The molecular formula is C25H29ClN2O. The summed E-state index contributed by atoms with van der Waals surface area (Å²) in [7, 11) is 0. The summed E-state index contributed by atoms with van der Waals surface area (Å²) in [6.45, 7) is 2.96. The van der Waals surface area contributed by atoms with Crippen molar-refractivity contribution >= 4 is 18.3 Å². The van der Waals surface area contributed by atoms with Crippen LogP contribution >= 0.6 is 12.4 Å². The monoisotopic (exact) mass is 408 g/mol. The average Bonchev–Trinajstić information content (AvgIpc) is 3.45. The van der Waals surface area contributed by atoms with Crippen LogP contribution in [0.3, 0.4) is 0 Å². The third-order valence-corrected chi connectivity index (χ3v) is 8.07. The van der Waals surface area contributed by atoms with Crippen LogP contribution in [0.15, 0.2) is 48.5 Å². The lowest BCUT2D eigenvalue weighted by molar-refractivity contribution is -0.123. The zero-order valence-corrected chi connectivity index (χ0v) is 17.5. The number of hydrogen-bond donors (Lipinski definition) is 2. The standard InChI is InChI=1S/C25H28N2O.ClH/c28-24(22-14-25(22)9-11-26-12-10-25)27-15-16-13-21-17-5-1-3-7-19(17)23(16)20-8-4-2-6-18(20)21;/h1-8,16,21-23,26H,9-15H2,(H,27,28);1H. The molecule has 0 aromatic heterocycles. The van der Waals surface area contributed by atoms with Crippen molar-refractivity contribution in [3.63, 3.8) is 0 Å². The molecule has 4 aliphatic carbocycles. The molecule has 7 rings (SSSR count). The minimum absolute atomic E-state index is 0. The predicted molar refractivity (Wildman–Crippen MR) is 118 cm³/mol. The lowest BCUT2D eigenvalue weighted by Crippen LogP contribution is -2.40. The van der Waals surface area contributed by atoms with Crippen LogP contribution in [0.1, 0.15) is 59.8 Å². The Bertz CT molecular complexity index is 888. The van der Waals surface area contributed by atoms with Gasteiger partial charge in [0.25, 0.3) is 0 Å². The Kier molecular flexibility index (Phi) is 4.71. The highest BCUT2D eigenvalue weighted by Gasteiger charge is 2.57. The summed E-state index contributed by atoms with van der Waals surface area (Å²) in [5.74, 6) is 1.97. The Labute approximate surface area is 179 Å². The van der Waals surface area contributed by atoms with Crippen molar-refractivity contribution in [1.29, 1.82) is 0 Å². The molecule has 2 aromatic carbocycles. The lowest BCUT2D eigenvalue weighted by atomic mass is 9.59. The van der Waals surface area contributed by atoms with Crippen LogP contribution in [0, 0.1) is 17.3 Å². The van der Waals surface area contributed by atoms with Crippen molar-refractivity contribution < 1.29 is 4.79 Å². The highest BCUT2D eigenvalue weighted by Crippen LogP contribution is 2.59. The topological polar surface area (TPSA) is 41.1 Å². The number of nitrogens with one attached hydrogen (secondary N) is 2. The minimum Gasteiger partial charge on any atom is -0.356 e. The molecule has 3 nitrogen and oxygen atoms in total. The summed E-state index contributed by atoms with van der Waals surface area (Å²) in [5.41, 5.74) is 6.30. The molecule has 2 unspecified atom stereocenters. The van der Waals surface area contributed by atoms with Crippen LogP contribution < -0.4 is 10.6 Å². The molecule has 0 radical (unpaired) electrons. The van der Waals surface area contributed by atoms with Crippen LogP contribution in [0.5, 0.6) is 0 Å². The highest BCUT2D eigenvalue weighted by atomic mass is 35.5. The Hall–Kier alpha value is -1.84. The quantitative estimate of drug-likeness (QED) is 0.798. The maximum Gasteiger partial charge on any atom is 0.223 e. The van der Waals surface area contributed by atoms with Gasteiger partial charge in [0, 0.05) is 24.3 Å². The van der Waals surface area contributed by atoms with E-state index in [1.54, 1.807) is 0 Å². The van der Waals surface area contributed by atoms with Gasteiger partial charge in [-0.25, -0.2) is 0 Å². The van der Waals surface area contributed by atoms with E-state index in [-0.39, 0.29) is 18.3 Å². The summed E-state index contributed by atoms with van der Waals surface area (Å²) in [4.78, 5) is 12.9. The molecule has 2 atom stereocenters. The maximum atomic E-state index is 12.9. The SMILES string of the molecule is Cl.O=C(NCC1CC2c3ccccc3C1c1ccccc12)C1CC12CCNCC2. The zero-order valence-electron chi connectivity index (χ0n) is 16.7. The number of benzene rings is 2. The fourth-order valence-corrected chi connectivity index (χ4v) is 6.51. The van der Waals surface area contributed by atoms with Crippen molar-refractivity contribution in [2.75, 3.05) is 19.6 Å². The van der Waals surface area contributed by atoms with Gasteiger partial charge >= 0.3 is 0 Å².